The summed E-state index contributed by atoms with van der Waals surface area (Å²) in [4.78, 5) is 37.9. The van der Waals surface area contributed by atoms with Crippen LogP contribution in [0.5, 0.6) is 0 Å². The molecule has 35 heavy (non-hydrogen) atoms. The zero-order chi connectivity index (χ0) is 24.5. The van der Waals surface area contributed by atoms with Gasteiger partial charge in [-0.1, -0.05) is 60.1 Å². The van der Waals surface area contributed by atoms with Crippen LogP contribution in [0.1, 0.15) is 16.7 Å². The molecule has 0 unspecified atom stereocenters. The minimum Gasteiger partial charge on any atom is -0.342 e. The molecule has 1 aliphatic rings. The molecule has 1 saturated heterocycles. The van der Waals surface area contributed by atoms with Crippen molar-refractivity contribution in [1.82, 2.24) is 9.47 Å². The number of carbonyl (C=O) groups is 2. The van der Waals surface area contributed by atoms with Crippen LogP contribution in [0.25, 0.3) is 17.0 Å². The number of rotatable bonds is 6. The first kappa shape index (κ1) is 22.9. The number of carbonyl (C=O) groups excluding carboxylic acids is 2. The van der Waals surface area contributed by atoms with E-state index in [1.54, 1.807) is 24.3 Å². The number of benzene rings is 3. The molecule has 3 aromatic carbocycles. The highest BCUT2D eigenvalue weighted by molar-refractivity contribution is 8.18. The Bertz CT molecular complexity index is 1530. The lowest BCUT2D eigenvalue weighted by Gasteiger charge is -2.12. The zero-order valence-corrected chi connectivity index (χ0v) is 19.8. The van der Waals surface area contributed by atoms with Crippen LogP contribution in [0.3, 0.4) is 0 Å². The molecule has 0 atom stereocenters. The quantitative estimate of drug-likeness (QED) is 0.170. The Balaban J connectivity index is 1.46. The van der Waals surface area contributed by atoms with Crippen molar-refractivity contribution < 1.29 is 14.5 Å². The highest BCUT2D eigenvalue weighted by Gasteiger charge is 2.36. The molecular formula is C26H18ClN3O4S. The summed E-state index contributed by atoms with van der Waals surface area (Å²) in [6.07, 6.45) is 3.66. The summed E-state index contributed by atoms with van der Waals surface area (Å²) >= 11 is 6.98. The molecule has 0 N–H and O–H groups in total. The Morgan fingerprint density at radius 3 is 2.54 bits per heavy atom. The van der Waals surface area contributed by atoms with Gasteiger partial charge in [0.15, 0.2) is 0 Å². The second kappa shape index (κ2) is 9.40. The number of hydrogen-bond acceptors (Lipinski definition) is 5. The number of aromatic nitrogens is 1. The summed E-state index contributed by atoms with van der Waals surface area (Å²) in [5.74, 6) is -0.468. The van der Waals surface area contributed by atoms with Crippen molar-refractivity contribution in [2.75, 3.05) is 0 Å². The van der Waals surface area contributed by atoms with Gasteiger partial charge in [0.25, 0.3) is 16.8 Å². The Kier molecular flexibility index (Phi) is 6.15. The number of nitrogens with zero attached hydrogens (tertiary/aromatic N) is 3. The maximum Gasteiger partial charge on any atom is 0.293 e. The van der Waals surface area contributed by atoms with Gasteiger partial charge < -0.3 is 4.57 Å². The lowest BCUT2D eigenvalue weighted by atomic mass is 10.1. The Labute approximate surface area is 209 Å². The van der Waals surface area contributed by atoms with Crippen LogP contribution in [0.2, 0.25) is 5.02 Å². The van der Waals surface area contributed by atoms with Crippen LogP contribution in [0.15, 0.2) is 83.9 Å². The van der Waals surface area contributed by atoms with E-state index in [2.05, 4.69) is 4.57 Å². The van der Waals surface area contributed by atoms with E-state index in [1.165, 1.54) is 6.07 Å². The number of para-hydroxylation sites is 2. The van der Waals surface area contributed by atoms with Gasteiger partial charge in [-0.2, -0.15) is 0 Å². The van der Waals surface area contributed by atoms with Crippen LogP contribution < -0.4 is 0 Å². The van der Waals surface area contributed by atoms with E-state index in [0.29, 0.717) is 17.1 Å². The lowest BCUT2D eigenvalue weighted by molar-refractivity contribution is -0.385. The van der Waals surface area contributed by atoms with Crippen molar-refractivity contribution >= 4 is 57.2 Å². The van der Waals surface area contributed by atoms with E-state index < -0.39 is 16.1 Å². The molecule has 174 valence electrons. The summed E-state index contributed by atoms with van der Waals surface area (Å²) in [6.45, 7) is 0.434. The highest BCUT2D eigenvalue weighted by atomic mass is 35.5. The third-order valence-electron chi connectivity index (χ3n) is 5.74. The average Bonchev–Trinajstić information content (AvgIpc) is 3.31. The molecule has 7 nitrogen and oxygen atoms in total. The van der Waals surface area contributed by atoms with Gasteiger partial charge >= 0.3 is 0 Å². The molecule has 1 aromatic heterocycles. The summed E-state index contributed by atoms with van der Waals surface area (Å²) in [5.41, 5.74) is 3.00. The molecule has 5 rings (SSSR count). The molecule has 1 aliphatic heterocycles. The van der Waals surface area contributed by atoms with Gasteiger partial charge in [0.2, 0.25) is 0 Å². The molecule has 0 radical (unpaired) electrons. The average molecular weight is 504 g/mol. The van der Waals surface area contributed by atoms with Gasteiger partial charge in [-0.3, -0.25) is 24.6 Å². The van der Waals surface area contributed by atoms with Crippen LogP contribution in [-0.4, -0.2) is 25.5 Å². The molecule has 1 fully saturated rings. The van der Waals surface area contributed by atoms with E-state index >= 15 is 0 Å². The van der Waals surface area contributed by atoms with Crippen LogP contribution in [-0.2, 0) is 17.9 Å². The fraction of sp³-hybridized carbons (Fsp3) is 0.0769. The predicted octanol–water partition coefficient (Wildman–Crippen LogP) is 6.49. The van der Waals surface area contributed by atoms with Gasteiger partial charge in [0.1, 0.15) is 0 Å². The number of hydrogen-bond donors (Lipinski definition) is 0. The van der Waals surface area contributed by atoms with E-state index in [4.69, 9.17) is 11.6 Å². The predicted molar refractivity (Wildman–Crippen MR) is 137 cm³/mol. The minimum atomic E-state index is -0.515. The van der Waals surface area contributed by atoms with Crippen molar-refractivity contribution in [3.63, 3.8) is 0 Å². The number of halogens is 1. The molecule has 9 heteroatoms. The second-order valence-electron chi connectivity index (χ2n) is 8.01. The number of imide groups is 1. The second-order valence-corrected chi connectivity index (χ2v) is 9.44. The molecule has 0 saturated carbocycles. The van der Waals surface area contributed by atoms with Crippen molar-refractivity contribution in [3.8, 4) is 0 Å². The molecule has 2 amide bonds. The van der Waals surface area contributed by atoms with Crippen molar-refractivity contribution in [2.24, 2.45) is 0 Å². The Morgan fingerprint density at radius 1 is 0.971 bits per heavy atom. The smallest absolute Gasteiger partial charge is 0.293 e. The van der Waals surface area contributed by atoms with Crippen molar-refractivity contribution in [1.29, 1.82) is 0 Å². The maximum atomic E-state index is 13.1. The van der Waals surface area contributed by atoms with Gasteiger partial charge in [-0.05, 0) is 41.6 Å². The molecule has 2 heterocycles. The van der Waals surface area contributed by atoms with Crippen molar-refractivity contribution in [2.45, 2.75) is 13.1 Å². The first-order valence-electron chi connectivity index (χ1n) is 10.7. The van der Waals surface area contributed by atoms with Gasteiger partial charge in [0, 0.05) is 45.9 Å². The Morgan fingerprint density at radius 2 is 1.74 bits per heavy atom. The monoisotopic (exact) mass is 503 g/mol. The Hall–Kier alpha value is -3.88. The first-order valence-corrected chi connectivity index (χ1v) is 11.9. The highest BCUT2D eigenvalue weighted by Crippen LogP contribution is 2.36. The zero-order valence-electron chi connectivity index (χ0n) is 18.3. The summed E-state index contributed by atoms with van der Waals surface area (Å²) in [7, 11) is 0. The molecule has 0 spiro atoms. The van der Waals surface area contributed by atoms with E-state index in [-0.39, 0.29) is 17.1 Å². The standard InChI is InChI=1S/C26H18ClN3O4S/c27-20-8-5-6-17(12-20)14-28-15-19(21-9-2-4-11-23(21)28)13-24-25(31)29(26(32)35-24)16-18-7-1-3-10-22(18)30(33)34/h1-13,15H,14,16H2/b24-13-. The minimum absolute atomic E-state index is 0.125. The van der Waals surface area contributed by atoms with Crippen molar-refractivity contribution in [3.05, 3.63) is 116 Å². The SMILES string of the molecule is O=C1S/C(=C\c2cn(Cc3cccc(Cl)c3)c3ccccc23)C(=O)N1Cc1ccccc1[N+](=O)[O-]. The summed E-state index contributed by atoms with van der Waals surface area (Å²) in [5, 5.41) is 12.5. The maximum absolute atomic E-state index is 13.1. The molecular weight excluding hydrogens is 486 g/mol. The van der Waals surface area contributed by atoms with Crippen LogP contribution >= 0.6 is 23.4 Å². The largest absolute Gasteiger partial charge is 0.342 e. The molecule has 4 aromatic rings. The summed E-state index contributed by atoms with van der Waals surface area (Å²) in [6, 6.07) is 21.6. The van der Waals surface area contributed by atoms with Crippen LogP contribution in [0.4, 0.5) is 10.5 Å². The summed E-state index contributed by atoms with van der Waals surface area (Å²) < 4.78 is 2.07. The van der Waals surface area contributed by atoms with E-state index in [0.717, 1.165) is 38.7 Å². The number of nitro groups is 1. The number of fused-ring (bicyclic) bond motifs is 1. The fourth-order valence-corrected chi connectivity index (χ4v) is 5.17. The number of amides is 2. The van der Waals surface area contributed by atoms with Gasteiger partial charge in [-0.15, -0.1) is 0 Å². The number of nitro benzene ring substituents is 1. The number of thioether (sulfide) groups is 1. The third-order valence-corrected chi connectivity index (χ3v) is 6.88. The topological polar surface area (TPSA) is 85.5 Å². The fourth-order valence-electron chi connectivity index (χ4n) is 4.12. The van der Waals surface area contributed by atoms with E-state index in [9.17, 15) is 19.7 Å². The van der Waals surface area contributed by atoms with Gasteiger partial charge in [0.05, 0.1) is 16.4 Å². The normalized spacial score (nSPS) is 14.9. The molecule has 0 aliphatic carbocycles. The first-order chi connectivity index (χ1) is 16.9. The third kappa shape index (κ3) is 4.58. The lowest BCUT2D eigenvalue weighted by Crippen LogP contribution is -2.27. The van der Waals surface area contributed by atoms with E-state index in [1.807, 2.05) is 54.7 Å². The molecule has 0 bridgehead atoms. The van der Waals surface area contributed by atoms with Crippen LogP contribution in [0, 0.1) is 10.1 Å². The van der Waals surface area contributed by atoms with Gasteiger partial charge in [-0.25, -0.2) is 0 Å².